The lowest BCUT2D eigenvalue weighted by atomic mass is 9.85. The van der Waals surface area contributed by atoms with E-state index in [4.69, 9.17) is 4.74 Å². The molecule has 2 aromatic rings. The highest BCUT2D eigenvalue weighted by Crippen LogP contribution is 2.37. The molecule has 1 aromatic heterocycles. The molecule has 24 heavy (non-hydrogen) atoms. The molecule has 0 radical (unpaired) electrons. The minimum atomic E-state index is -0.228. The highest BCUT2D eigenvalue weighted by Gasteiger charge is 2.45. The van der Waals surface area contributed by atoms with E-state index in [0.29, 0.717) is 6.54 Å². The van der Waals surface area contributed by atoms with Gasteiger partial charge in [-0.05, 0) is 49.4 Å². The molecule has 2 fully saturated rings. The van der Waals surface area contributed by atoms with Gasteiger partial charge in [0.15, 0.2) is 0 Å². The van der Waals surface area contributed by atoms with Crippen LogP contribution in [0.15, 0.2) is 48.7 Å². The molecule has 1 spiro atoms. The molecule has 0 atom stereocenters. The number of carbonyl (C=O) groups is 1. The molecule has 1 aliphatic carbocycles. The topological polar surface area (TPSA) is 42.4 Å². The largest absolute Gasteiger partial charge is 0.441 e. The van der Waals surface area contributed by atoms with Crippen LogP contribution in [-0.4, -0.2) is 28.1 Å². The van der Waals surface area contributed by atoms with Gasteiger partial charge in [0.1, 0.15) is 5.60 Å². The van der Waals surface area contributed by atoms with Crippen molar-refractivity contribution in [2.75, 3.05) is 6.54 Å². The standard InChI is InChI=1S/C20H22N2O2/c23-19-22(15-20(24-19)10-3-1-4-11-20)14-16-7-6-8-17(13-16)18-9-2-5-12-21-18/h2,5-9,12-13H,1,3-4,10-11,14-15H2. The van der Waals surface area contributed by atoms with Crippen molar-refractivity contribution in [2.24, 2.45) is 0 Å². The minimum Gasteiger partial charge on any atom is -0.441 e. The molecule has 1 saturated heterocycles. The van der Waals surface area contributed by atoms with Crippen LogP contribution in [-0.2, 0) is 11.3 Å². The van der Waals surface area contributed by atoms with E-state index in [2.05, 4.69) is 23.2 Å². The molecule has 1 aromatic carbocycles. The fraction of sp³-hybridized carbons (Fsp3) is 0.400. The second kappa shape index (κ2) is 6.27. The van der Waals surface area contributed by atoms with E-state index in [0.717, 1.165) is 49.0 Å². The van der Waals surface area contributed by atoms with E-state index in [1.165, 1.54) is 6.42 Å². The summed E-state index contributed by atoms with van der Waals surface area (Å²) in [6.45, 7) is 1.32. The normalized spacial score (nSPS) is 19.5. The van der Waals surface area contributed by atoms with E-state index >= 15 is 0 Å². The fourth-order valence-electron chi connectivity index (χ4n) is 3.85. The average Bonchev–Trinajstić information content (AvgIpc) is 2.91. The highest BCUT2D eigenvalue weighted by molar-refractivity contribution is 5.71. The number of hydrogen-bond donors (Lipinski definition) is 0. The van der Waals surface area contributed by atoms with Crippen LogP contribution < -0.4 is 0 Å². The van der Waals surface area contributed by atoms with E-state index < -0.39 is 0 Å². The zero-order valence-corrected chi connectivity index (χ0v) is 13.8. The first-order valence-electron chi connectivity index (χ1n) is 8.72. The number of carbonyl (C=O) groups excluding carboxylic acids is 1. The minimum absolute atomic E-state index is 0.167. The summed E-state index contributed by atoms with van der Waals surface area (Å²) in [6.07, 6.45) is 7.22. The first-order chi connectivity index (χ1) is 11.7. The predicted octanol–water partition coefficient (Wildman–Crippen LogP) is 4.40. The third-order valence-electron chi connectivity index (χ3n) is 5.07. The van der Waals surface area contributed by atoms with Crippen molar-refractivity contribution in [3.8, 4) is 11.3 Å². The summed E-state index contributed by atoms with van der Waals surface area (Å²) in [7, 11) is 0. The number of amides is 1. The molecule has 0 unspecified atom stereocenters. The van der Waals surface area contributed by atoms with Crippen molar-refractivity contribution in [3.05, 3.63) is 54.2 Å². The zero-order chi connectivity index (χ0) is 16.4. The summed E-state index contributed by atoms with van der Waals surface area (Å²) < 4.78 is 5.76. The van der Waals surface area contributed by atoms with Crippen molar-refractivity contribution in [1.82, 2.24) is 9.88 Å². The summed E-state index contributed by atoms with van der Waals surface area (Å²) in [5, 5.41) is 0. The molecule has 4 rings (SSSR count). The number of benzene rings is 1. The van der Waals surface area contributed by atoms with Crippen LogP contribution in [0, 0.1) is 0 Å². The van der Waals surface area contributed by atoms with E-state index in [-0.39, 0.29) is 11.7 Å². The molecule has 4 heteroatoms. The average molecular weight is 322 g/mol. The van der Waals surface area contributed by atoms with Gasteiger partial charge in [-0.25, -0.2) is 4.79 Å². The molecule has 2 heterocycles. The van der Waals surface area contributed by atoms with Crippen molar-refractivity contribution in [2.45, 2.75) is 44.2 Å². The highest BCUT2D eigenvalue weighted by atomic mass is 16.6. The first kappa shape index (κ1) is 15.2. The summed E-state index contributed by atoms with van der Waals surface area (Å²) in [5.41, 5.74) is 2.91. The van der Waals surface area contributed by atoms with Gasteiger partial charge in [-0.2, -0.15) is 0 Å². The Morgan fingerprint density at radius 3 is 2.75 bits per heavy atom. The van der Waals surface area contributed by atoms with Crippen molar-refractivity contribution in [1.29, 1.82) is 0 Å². The van der Waals surface area contributed by atoms with Crippen LogP contribution in [0.5, 0.6) is 0 Å². The van der Waals surface area contributed by atoms with Gasteiger partial charge in [-0.1, -0.05) is 30.7 Å². The van der Waals surface area contributed by atoms with Gasteiger partial charge in [-0.3, -0.25) is 9.88 Å². The van der Waals surface area contributed by atoms with Gasteiger partial charge < -0.3 is 4.74 Å². The SMILES string of the molecule is O=C1OC2(CCCCC2)CN1Cc1cccc(-c2ccccn2)c1. The number of aromatic nitrogens is 1. The second-order valence-corrected chi connectivity index (χ2v) is 6.88. The van der Waals surface area contributed by atoms with Crippen LogP contribution in [0.1, 0.15) is 37.7 Å². The Balaban J connectivity index is 1.50. The molecular weight excluding hydrogens is 300 g/mol. The number of pyridine rings is 1. The quantitative estimate of drug-likeness (QED) is 0.841. The molecule has 4 nitrogen and oxygen atoms in total. The third-order valence-corrected chi connectivity index (χ3v) is 5.07. The monoisotopic (exact) mass is 322 g/mol. The van der Waals surface area contributed by atoms with Crippen LogP contribution in [0.2, 0.25) is 0 Å². The van der Waals surface area contributed by atoms with Crippen molar-refractivity contribution in [3.63, 3.8) is 0 Å². The van der Waals surface area contributed by atoms with Gasteiger partial charge in [0.2, 0.25) is 0 Å². The van der Waals surface area contributed by atoms with E-state index in [1.807, 2.05) is 29.2 Å². The summed E-state index contributed by atoms with van der Waals surface area (Å²) in [6, 6.07) is 14.2. The summed E-state index contributed by atoms with van der Waals surface area (Å²) in [5.74, 6) is 0. The van der Waals surface area contributed by atoms with Crippen molar-refractivity contribution < 1.29 is 9.53 Å². The van der Waals surface area contributed by atoms with Gasteiger partial charge in [0, 0.05) is 18.3 Å². The van der Waals surface area contributed by atoms with Gasteiger partial charge >= 0.3 is 6.09 Å². The third kappa shape index (κ3) is 3.01. The number of ether oxygens (including phenoxy) is 1. The van der Waals surface area contributed by atoms with Gasteiger partial charge in [0.25, 0.3) is 0 Å². The molecular formula is C20H22N2O2. The number of nitrogens with zero attached hydrogens (tertiary/aromatic N) is 2. The Kier molecular flexibility index (Phi) is 3.97. The Morgan fingerprint density at radius 2 is 1.96 bits per heavy atom. The van der Waals surface area contributed by atoms with Crippen LogP contribution >= 0.6 is 0 Å². The lowest BCUT2D eigenvalue weighted by Gasteiger charge is -2.30. The summed E-state index contributed by atoms with van der Waals surface area (Å²) >= 11 is 0. The maximum Gasteiger partial charge on any atom is 0.410 e. The fourth-order valence-corrected chi connectivity index (χ4v) is 3.85. The first-order valence-corrected chi connectivity index (χ1v) is 8.72. The Hall–Kier alpha value is -2.36. The Morgan fingerprint density at radius 1 is 1.08 bits per heavy atom. The molecule has 0 N–H and O–H groups in total. The molecule has 0 bridgehead atoms. The van der Waals surface area contributed by atoms with E-state index in [9.17, 15) is 4.79 Å². The molecule has 2 aliphatic rings. The Labute approximate surface area is 142 Å². The molecule has 1 saturated carbocycles. The maximum absolute atomic E-state index is 12.3. The van der Waals surface area contributed by atoms with Gasteiger partial charge in [0.05, 0.1) is 12.2 Å². The molecule has 124 valence electrons. The lowest BCUT2D eigenvalue weighted by Crippen LogP contribution is -2.36. The maximum atomic E-state index is 12.3. The van der Waals surface area contributed by atoms with Crippen LogP contribution in [0.25, 0.3) is 11.3 Å². The number of rotatable bonds is 3. The zero-order valence-electron chi connectivity index (χ0n) is 13.8. The Bertz CT molecular complexity index is 723. The molecule has 1 aliphatic heterocycles. The number of hydrogen-bond acceptors (Lipinski definition) is 3. The van der Waals surface area contributed by atoms with Crippen LogP contribution in [0.3, 0.4) is 0 Å². The lowest BCUT2D eigenvalue weighted by molar-refractivity contribution is 0.0260. The van der Waals surface area contributed by atoms with Crippen molar-refractivity contribution >= 4 is 6.09 Å². The van der Waals surface area contributed by atoms with E-state index in [1.54, 1.807) is 6.20 Å². The van der Waals surface area contributed by atoms with Crippen LogP contribution in [0.4, 0.5) is 4.79 Å². The predicted molar refractivity (Wildman–Crippen MR) is 92.4 cm³/mol. The van der Waals surface area contributed by atoms with Gasteiger partial charge in [-0.15, -0.1) is 0 Å². The summed E-state index contributed by atoms with van der Waals surface area (Å²) in [4.78, 5) is 18.5. The molecule has 1 amide bonds. The smallest absolute Gasteiger partial charge is 0.410 e. The second-order valence-electron chi connectivity index (χ2n) is 6.88.